The third kappa shape index (κ3) is 5.20. The van der Waals surface area contributed by atoms with Crippen LogP contribution in [0.2, 0.25) is 0 Å². The number of amides is 1. The van der Waals surface area contributed by atoms with Gasteiger partial charge in [0.15, 0.2) is 0 Å². The van der Waals surface area contributed by atoms with Crippen LogP contribution in [0.25, 0.3) is 0 Å². The predicted octanol–water partition coefficient (Wildman–Crippen LogP) is 3.36. The van der Waals surface area contributed by atoms with Crippen molar-refractivity contribution in [3.63, 3.8) is 0 Å². The van der Waals surface area contributed by atoms with Crippen molar-refractivity contribution in [3.05, 3.63) is 54.4 Å². The summed E-state index contributed by atoms with van der Waals surface area (Å²) < 4.78 is 5.27. The van der Waals surface area contributed by atoms with Crippen molar-refractivity contribution in [2.75, 3.05) is 32.1 Å². The van der Waals surface area contributed by atoms with Crippen LogP contribution in [-0.4, -0.2) is 37.7 Å². The van der Waals surface area contributed by atoms with Crippen LogP contribution < -0.4 is 10.6 Å². The van der Waals surface area contributed by atoms with E-state index in [4.69, 9.17) is 4.74 Å². The van der Waals surface area contributed by atoms with Crippen LogP contribution in [0, 0.1) is 5.41 Å². The summed E-state index contributed by atoms with van der Waals surface area (Å²) in [6, 6.07) is 12.0. The zero-order valence-corrected chi connectivity index (χ0v) is 16.4. The number of carbonyl (C=O) groups is 1. The molecule has 1 unspecified atom stereocenters. The highest BCUT2D eigenvalue weighted by molar-refractivity contribution is 7.98. The van der Waals surface area contributed by atoms with E-state index >= 15 is 0 Å². The second-order valence-electron chi connectivity index (χ2n) is 6.27. The Morgan fingerprint density at radius 3 is 2.77 bits per heavy atom. The smallest absolute Gasteiger partial charge is 0.234 e. The Bertz CT molecular complexity index is 692. The molecule has 2 N–H and O–H groups in total. The van der Waals surface area contributed by atoms with E-state index in [0.717, 1.165) is 29.3 Å². The normalized spacial score (nSPS) is 19.0. The van der Waals surface area contributed by atoms with Gasteiger partial charge in [0, 0.05) is 42.4 Å². The molecule has 1 aliphatic rings. The van der Waals surface area contributed by atoms with Gasteiger partial charge in [-0.15, -0.1) is 24.2 Å². The van der Waals surface area contributed by atoms with Crippen LogP contribution in [0.15, 0.2) is 53.7 Å². The summed E-state index contributed by atoms with van der Waals surface area (Å²) in [5.74, 6) is 0.900. The third-order valence-electron chi connectivity index (χ3n) is 4.39. The van der Waals surface area contributed by atoms with E-state index in [0.29, 0.717) is 13.2 Å². The first kappa shape index (κ1) is 20.7. The van der Waals surface area contributed by atoms with Crippen molar-refractivity contribution in [3.8, 4) is 0 Å². The molecule has 1 fully saturated rings. The molecule has 1 aromatic heterocycles. The second-order valence-corrected chi connectivity index (χ2v) is 7.32. The number of rotatable bonds is 7. The van der Waals surface area contributed by atoms with Crippen molar-refractivity contribution < 1.29 is 9.53 Å². The molecule has 7 heteroatoms. The fourth-order valence-electron chi connectivity index (χ4n) is 2.95. The quantitative estimate of drug-likeness (QED) is 0.706. The number of hydrogen-bond donors (Lipinski definition) is 2. The Labute approximate surface area is 164 Å². The topological polar surface area (TPSA) is 63.2 Å². The minimum atomic E-state index is -0.470. The second kappa shape index (κ2) is 9.92. The Kier molecular flexibility index (Phi) is 7.90. The number of benzene rings is 1. The first-order valence-corrected chi connectivity index (χ1v) is 9.33. The standard InChI is InChI=1S/C19H23N3O2S.ClH/c1-24-14-19(8-10-21-13-19)18(23)22-16-4-6-17(7-5-16)25-12-15-3-2-9-20-11-15;/h2-7,9,11,21H,8,10,12-14H2,1H3,(H,22,23);1H. The largest absolute Gasteiger partial charge is 0.384 e. The predicted molar refractivity (Wildman–Crippen MR) is 108 cm³/mol. The van der Waals surface area contributed by atoms with Gasteiger partial charge in [0.05, 0.1) is 12.0 Å². The number of halogens is 1. The van der Waals surface area contributed by atoms with Gasteiger partial charge in [-0.3, -0.25) is 9.78 Å². The van der Waals surface area contributed by atoms with Crippen molar-refractivity contribution >= 4 is 35.8 Å². The molecule has 1 atom stereocenters. The monoisotopic (exact) mass is 393 g/mol. The molecule has 1 amide bonds. The number of carbonyl (C=O) groups excluding carboxylic acids is 1. The summed E-state index contributed by atoms with van der Waals surface area (Å²) >= 11 is 1.75. The lowest BCUT2D eigenvalue weighted by Crippen LogP contribution is -2.41. The van der Waals surface area contributed by atoms with Gasteiger partial charge in [-0.25, -0.2) is 0 Å². The van der Waals surface area contributed by atoms with Crippen molar-refractivity contribution in [1.29, 1.82) is 0 Å². The average molecular weight is 394 g/mol. The summed E-state index contributed by atoms with van der Waals surface area (Å²) in [4.78, 5) is 18.0. The van der Waals surface area contributed by atoms with E-state index in [2.05, 4.69) is 21.7 Å². The Hall–Kier alpha value is -1.60. The lowest BCUT2D eigenvalue weighted by molar-refractivity contribution is -0.127. The van der Waals surface area contributed by atoms with Crippen molar-refractivity contribution in [2.45, 2.75) is 17.1 Å². The fraction of sp³-hybridized carbons (Fsp3) is 0.368. The highest BCUT2D eigenvalue weighted by atomic mass is 35.5. The van der Waals surface area contributed by atoms with E-state index < -0.39 is 5.41 Å². The minimum Gasteiger partial charge on any atom is -0.384 e. The van der Waals surface area contributed by atoms with Crippen LogP contribution in [0.1, 0.15) is 12.0 Å². The zero-order valence-electron chi connectivity index (χ0n) is 14.7. The molecular formula is C19H24ClN3O2S. The van der Waals surface area contributed by atoms with E-state index in [-0.39, 0.29) is 18.3 Å². The number of nitrogens with one attached hydrogen (secondary N) is 2. The number of thioether (sulfide) groups is 1. The van der Waals surface area contributed by atoms with Gasteiger partial charge in [0.2, 0.25) is 5.91 Å². The molecule has 5 nitrogen and oxygen atoms in total. The van der Waals surface area contributed by atoms with Gasteiger partial charge in [0.25, 0.3) is 0 Å². The number of anilines is 1. The molecule has 2 aromatic rings. The average Bonchev–Trinajstić information content (AvgIpc) is 3.12. The fourth-order valence-corrected chi connectivity index (χ4v) is 3.78. The number of methoxy groups -OCH3 is 1. The summed E-state index contributed by atoms with van der Waals surface area (Å²) in [6.45, 7) is 1.94. The maximum atomic E-state index is 12.7. The van der Waals surface area contributed by atoms with Crippen LogP contribution in [0.4, 0.5) is 5.69 Å². The molecule has 26 heavy (non-hydrogen) atoms. The first-order chi connectivity index (χ1) is 12.2. The van der Waals surface area contributed by atoms with Gasteiger partial charge in [-0.05, 0) is 48.9 Å². The summed E-state index contributed by atoms with van der Waals surface area (Å²) in [7, 11) is 1.64. The number of pyridine rings is 1. The SMILES string of the molecule is COCC1(C(=O)Nc2ccc(SCc3cccnc3)cc2)CCNC1.Cl. The summed E-state index contributed by atoms with van der Waals surface area (Å²) in [6.07, 6.45) is 4.46. The van der Waals surface area contributed by atoms with E-state index in [1.54, 1.807) is 25.1 Å². The summed E-state index contributed by atoms with van der Waals surface area (Å²) in [5, 5.41) is 6.29. The minimum absolute atomic E-state index is 0. The number of nitrogens with zero attached hydrogens (tertiary/aromatic N) is 1. The Morgan fingerprint density at radius 2 is 2.15 bits per heavy atom. The number of hydrogen-bond acceptors (Lipinski definition) is 5. The molecule has 1 aliphatic heterocycles. The first-order valence-electron chi connectivity index (χ1n) is 8.35. The molecular weight excluding hydrogens is 370 g/mol. The van der Waals surface area contributed by atoms with Gasteiger partial charge in [-0.2, -0.15) is 0 Å². The molecule has 0 aliphatic carbocycles. The van der Waals surface area contributed by atoms with Gasteiger partial charge in [0.1, 0.15) is 0 Å². The van der Waals surface area contributed by atoms with Gasteiger partial charge < -0.3 is 15.4 Å². The van der Waals surface area contributed by atoms with Crippen LogP contribution in [0.5, 0.6) is 0 Å². The maximum absolute atomic E-state index is 12.7. The molecule has 3 rings (SSSR count). The van der Waals surface area contributed by atoms with Crippen LogP contribution in [-0.2, 0) is 15.3 Å². The maximum Gasteiger partial charge on any atom is 0.234 e. The third-order valence-corrected chi connectivity index (χ3v) is 5.47. The lowest BCUT2D eigenvalue weighted by Gasteiger charge is -2.26. The Balaban J connectivity index is 0.00000243. The summed E-state index contributed by atoms with van der Waals surface area (Å²) in [5.41, 5.74) is 1.54. The molecule has 1 aromatic carbocycles. The molecule has 0 radical (unpaired) electrons. The van der Waals surface area contributed by atoms with Crippen LogP contribution >= 0.6 is 24.2 Å². The van der Waals surface area contributed by atoms with Gasteiger partial charge in [-0.1, -0.05) is 6.07 Å². The number of ether oxygens (including phenoxy) is 1. The zero-order chi connectivity index (χ0) is 17.5. The van der Waals surface area contributed by atoms with E-state index in [9.17, 15) is 4.79 Å². The van der Waals surface area contributed by atoms with Crippen molar-refractivity contribution in [1.82, 2.24) is 10.3 Å². The highest BCUT2D eigenvalue weighted by Crippen LogP contribution is 2.29. The molecule has 0 spiro atoms. The van der Waals surface area contributed by atoms with Crippen molar-refractivity contribution in [2.24, 2.45) is 5.41 Å². The van der Waals surface area contributed by atoms with E-state index in [1.807, 2.05) is 36.5 Å². The van der Waals surface area contributed by atoms with E-state index in [1.165, 1.54) is 5.56 Å². The Morgan fingerprint density at radius 1 is 1.35 bits per heavy atom. The molecule has 1 saturated heterocycles. The number of aromatic nitrogens is 1. The highest BCUT2D eigenvalue weighted by Gasteiger charge is 2.41. The van der Waals surface area contributed by atoms with Gasteiger partial charge >= 0.3 is 0 Å². The molecule has 140 valence electrons. The molecule has 2 heterocycles. The molecule has 0 bridgehead atoms. The molecule has 0 saturated carbocycles. The van der Waals surface area contributed by atoms with Crippen LogP contribution in [0.3, 0.4) is 0 Å². The lowest BCUT2D eigenvalue weighted by atomic mass is 9.87.